The van der Waals surface area contributed by atoms with Gasteiger partial charge in [0.05, 0.1) is 26.9 Å². The van der Waals surface area contributed by atoms with Gasteiger partial charge in [0, 0.05) is 11.8 Å². The van der Waals surface area contributed by atoms with Crippen molar-refractivity contribution >= 4 is 17.7 Å². The van der Waals surface area contributed by atoms with Crippen LogP contribution in [0.2, 0.25) is 0 Å². The molecule has 0 fully saturated rings. The van der Waals surface area contributed by atoms with Gasteiger partial charge >= 0.3 is 5.97 Å². The van der Waals surface area contributed by atoms with Crippen LogP contribution < -0.4 is 19.5 Å². The van der Waals surface area contributed by atoms with Gasteiger partial charge in [-0.3, -0.25) is 4.79 Å². The number of amides is 1. The molecule has 0 aliphatic heterocycles. The van der Waals surface area contributed by atoms with Crippen molar-refractivity contribution in [1.29, 1.82) is 0 Å². The molecule has 24 heavy (non-hydrogen) atoms. The van der Waals surface area contributed by atoms with E-state index >= 15 is 0 Å². The summed E-state index contributed by atoms with van der Waals surface area (Å²) in [6.45, 7) is 0. The van der Waals surface area contributed by atoms with Gasteiger partial charge in [0.1, 0.15) is 5.82 Å². The van der Waals surface area contributed by atoms with E-state index in [1.165, 1.54) is 45.6 Å². The van der Waals surface area contributed by atoms with Crippen LogP contribution in [0.15, 0.2) is 30.5 Å². The van der Waals surface area contributed by atoms with Crippen molar-refractivity contribution in [2.45, 2.75) is 0 Å². The highest BCUT2D eigenvalue weighted by atomic mass is 16.5. The fourth-order valence-corrected chi connectivity index (χ4v) is 1.99. The van der Waals surface area contributed by atoms with Crippen LogP contribution >= 0.6 is 0 Å². The van der Waals surface area contributed by atoms with E-state index in [2.05, 4.69) is 10.3 Å². The van der Waals surface area contributed by atoms with E-state index in [1.807, 2.05) is 0 Å². The van der Waals surface area contributed by atoms with Crippen LogP contribution in [0.3, 0.4) is 0 Å². The molecule has 1 heterocycles. The number of rotatable bonds is 6. The predicted octanol–water partition coefficient (Wildman–Crippen LogP) is 2.06. The van der Waals surface area contributed by atoms with Crippen molar-refractivity contribution in [1.82, 2.24) is 4.98 Å². The highest BCUT2D eigenvalue weighted by molar-refractivity contribution is 6.04. The summed E-state index contributed by atoms with van der Waals surface area (Å²) in [5.74, 6) is -0.263. The number of carbonyl (C=O) groups excluding carboxylic acids is 1. The van der Waals surface area contributed by atoms with Crippen LogP contribution in [-0.2, 0) is 0 Å². The number of hydrogen-bond acceptors (Lipinski definition) is 6. The number of anilines is 1. The first-order valence-electron chi connectivity index (χ1n) is 6.80. The molecular formula is C16H16N2O6. The molecule has 0 aliphatic rings. The van der Waals surface area contributed by atoms with Gasteiger partial charge in [0.25, 0.3) is 5.91 Å². The van der Waals surface area contributed by atoms with Gasteiger partial charge in [-0.15, -0.1) is 0 Å². The van der Waals surface area contributed by atoms with Crippen molar-refractivity contribution in [2.24, 2.45) is 0 Å². The van der Waals surface area contributed by atoms with Crippen molar-refractivity contribution < 1.29 is 28.9 Å². The number of carboxylic acids is 1. The second kappa shape index (κ2) is 7.32. The number of benzene rings is 1. The minimum atomic E-state index is -1.09. The van der Waals surface area contributed by atoms with Crippen LogP contribution in [0.1, 0.15) is 20.7 Å². The Morgan fingerprint density at radius 3 is 2.04 bits per heavy atom. The van der Waals surface area contributed by atoms with Gasteiger partial charge in [-0.05, 0) is 24.3 Å². The van der Waals surface area contributed by atoms with Gasteiger partial charge in [0.15, 0.2) is 11.5 Å². The second-order valence-corrected chi connectivity index (χ2v) is 4.61. The fourth-order valence-electron chi connectivity index (χ4n) is 1.99. The standard InChI is InChI=1S/C16H16N2O6/c1-22-11-6-10(7-12(23-2)14(11)24-3)15(19)18-13-5-4-9(8-17-13)16(20)21/h4-8H,1-3H3,(H,20,21)(H,17,18,19). The topological polar surface area (TPSA) is 107 Å². The van der Waals surface area contributed by atoms with Crippen LogP contribution in [0.5, 0.6) is 17.2 Å². The maximum absolute atomic E-state index is 12.3. The molecule has 0 atom stereocenters. The van der Waals surface area contributed by atoms with E-state index < -0.39 is 11.9 Å². The van der Waals surface area contributed by atoms with Crippen LogP contribution in [0.4, 0.5) is 5.82 Å². The molecule has 1 aromatic carbocycles. The Morgan fingerprint density at radius 1 is 1.00 bits per heavy atom. The summed E-state index contributed by atoms with van der Waals surface area (Å²) in [5.41, 5.74) is 0.300. The lowest BCUT2D eigenvalue weighted by Gasteiger charge is -2.14. The predicted molar refractivity (Wildman–Crippen MR) is 85.2 cm³/mol. The molecule has 8 heteroatoms. The molecule has 8 nitrogen and oxygen atoms in total. The van der Waals surface area contributed by atoms with E-state index in [1.54, 1.807) is 0 Å². The maximum atomic E-state index is 12.3. The molecular weight excluding hydrogens is 316 g/mol. The Bertz CT molecular complexity index is 733. The van der Waals surface area contributed by atoms with Crippen molar-refractivity contribution in [3.05, 3.63) is 41.6 Å². The van der Waals surface area contributed by atoms with E-state index in [0.717, 1.165) is 6.20 Å². The normalized spacial score (nSPS) is 9.96. The summed E-state index contributed by atoms with van der Waals surface area (Å²) in [4.78, 5) is 27.0. The first kappa shape index (κ1) is 17.1. The molecule has 1 aromatic heterocycles. The highest BCUT2D eigenvalue weighted by Crippen LogP contribution is 2.38. The number of nitrogens with one attached hydrogen (secondary N) is 1. The number of carboxylic acid groups (broad SMARTS) is 1. The maximum Gasteiger partial charge on any atom is 0.337 e. The smallest absolute Gasteiger partial charge is 0.337 e. The third-order valence-corrected chi connectivity index (χ3v) is 3.18. The Hall–Kier alpha value is -3.29. The largest absolute Gasteiger partial charge is 0.493 e. The number of nitrogens with zero attached hydrogens (tertiary/aromatic N) is 1. The minimum Gasteiger partial charge on any atom is -0.493 e. The zero-order valence-electron chi connectivity index (χ0n) is 13.3. The number of hydrogen-bond donors (Lipinski definition) is 2. The molecule has 0 unspecified atom stereocenters. The average molecular weight is 332 g/mol. The molecule has 0 radical (unpaired) electrons. The van der Waals surface area contributed by atoms with Crippen molar-refractivity contribution in [3.63, 3.8) is 0 Å². The minimum absolute atomic E-state index is 0.0285. The Kier molecular flexibility index (Phi) is 5.20. The van der Waals surface area contributed by atoms with Gasteiger partial charge < -0.3 is 24.6 Å². The van der Waals surface area contributed by atoms with Crippen molar-refractivity contribution in [2.75, 3.05) is 26.6 Å². The zero-order chi connectivity index (χ0) is 17.7. The number of aromatic nitrogens is 1. The molecule has 2 N–H and O–H groups in total. The third kappa shape index (κ3) is 3.54. The lowest BCUT2D eigenvalue weighted by Crippen LogP contribution is -2.14. The third-order valence-electron chi connectivity index (χ3n) is 3.18. The van der Waals surface area contributed by atoms with E-state index in [0.29, 0.717) is 17.2 Å². The first-order chi connectivity index (χ1) is 11.5. The van der Waals surface area contributed by atoms with E-state index in [9.17, 15) is 9.59 Å². The molecule has 0 saturated heterocycles. The molecule has 0 bridgehead atoms. The van der Waals surface area contributed by atoms with Gasteiger partial charge in [-0.25, -0.2) is 9.78 Å². The van der Waals surface area contributed by atoms with Crippen LogP contribution in [0.25, 0.3) is 0 Å². The second-order valence-electron chi connectivity index (χ2n) is 4.61. The van der Waals surface area contributed by atoms with Crippen LogP contribution in [0, 0.1) is 0 Å². The Labute approximate surface area is 138 Å². The summed E-state index contributed by atoms with van der Waals surface area (Å²) in [6, 6.07) is 5.75. The number of carbonyl (C=O) groups is 2. The van der Waals surface area contributed by atoms with Crippen LogP contribution in [-0.4, -0.2) is 43.3 Å². The van der Waals surface area contributed by atoms with E-state index in [-0.39, 0.29) is 16.9 Å². The number of pyridine rings is 1. The molecule has 0 aliphatic carbocycles. The molecule has 2 aromatic rings. The molecule has 2 rings (SSSR count). The molecule has 0 spiro atoms. The summed E-state index contributed by atoms with van der Waals surface area (Å²) in [6.07, 6.45) is 1.16. The molecule has 1 amide bonds. The SMILES string of the molecule is COc1cc(C(=O)Nc2ccc(C(=O)O)cn2)cc(OC)c1OC. The summed E-state index contributed by atoms with van der Waals surface area (Å²) in [7, 11) is 4.37. The van der Waals surface area contributed by atoms with Crippen molar-refractivity contribution in [3.8, 4) is 17.2 Å². The number of methoxy groups -OCH3 is 3. The molecule has 0 saturated carbocycles. The van der Waals surface area contributed by atoms with Gasteiger partial charge in [-0.2, -0.15) is 0 Å². The number of ether oxygens (including phenoxy) is 3. The lowest BCUT2D eigenvalue weighted by atomic mass is 10.1. The summed E-state index contributed by atoms with van der Waals surface area (Å²) < 4.78 is 15.6. The lowest BCUT2D eigenvalue weighted by molar-refractivity contribution is 0.0696. The average Bonchev–Trinajstić information content (AvgIpc) is 2.60. The molecule has 126 valence electrons. The first-order valence-corrected chi connectivity index (χ1v) is 6.80. The monoisotopic (exact) mass is 332 g/mol. The Morgan fingerprint density at radius 2 is 1.62 bits per heavy atom. The zero-order valence-corrected chi connectivity index (χ0v) is 13.3. The highest BCUT2D eigenvalue weighted by Gasteiger charge is 2.17. The van der Waals surface area contributed by atoms with E-state index in [4.69, 9.17) is 19.3 Å². The van der Waals surface area contributed by atoms with Gasteiger partial charge in [0.2, 0.25) is 5.75 Å². The summed E-state index contributed by atoms with van der Waals surface area (Å²) in [5, 5.41) is 11.4. The fraction of sp³-hybridized carbons (Fsp3) is 0.188. The quantitative estimate of drug-likeness (QED) is 0.833. The van der Waals surface area contributed by atoms with Gasteiger partial charge in [-0.1, -0.05) is 0 Å². The summed E-state index contributed by atoms with van der Waals surface area (Å²) >= 11 is 0. The number of aromatic carboxylic acids is 1. The Balaban J connectivity index is 2.27.